The van der Waals surface area contributed by atoms with Crippen molar-refractivity contribution in [3.05, 3.63) is 131 Å². The molecule has 204 valence electrons. The van der Waals surface area contributed by atoms with Crippen molar-refractivity contribution in [2.45, 2.75) is 59.8 Å². The molecule has 5 aromatic carbocycles. The summed E-state index contributed by atoms with van der Waals surface area (Å²) in [5, 5.41) is 5.20. The third-order valence-corrected chi connectivity index (χ3v) is 9.16. The summed E-state index contributed by atoms with van der Waals surface area (Å²) in [5.74, 6) is 0. The Balaban J connectivity index is 1.50. The van der Waals surface area contributed by atoms with Gasteiger partial charge in [-0.05, 0) is 106 Å². The molecule has 0 radical (unpaired) electrons. The lowest BCUT2D eigenvalue weighted by Gasteiger charge is -2.40. The van der Waals surface area contributed by atoms with Crippen molar-refractivity contribution in [3.8, 4) is 0 Å². The fourth-order valence-corrected chi connectivity index (χ4v) is 7.32. The molecule has 0 unspecified atom stereocenters. The highest BCUT2D eigenvalue weighted by Crippen LogP contribution is 2.52. The lowest BCUT2D eigenvalue weighted by molar-refractivity contribution is 0.429. The molecular formula is C40H39N. The van der Waals surface area contributed by atoms with E-state index >= 15 is 0 Å². The summed E-state index contributed by atoms with van der Waals surface area (Å²) in [5.41, 5.74) is 12.4. The van der Waals surface area contributed by atoms with Gasteiger partial charge in [-0.15, -0.1) is 0 Å². The summed E-state index contributed by atoms with van der Waals surface area (Å²) >= 11 is 0. The molecule has 1 nitrogen and oxygen atoms in total. The van der Waals surface area contributed by atoms with Crippen LogP contribution < -0.4 is 4.90 Å². The highest BCUT2D eigenvalue weighted by atomic mass is 15.1. The van der Waals surface area contributed by atoms with Gasteiger partial charge < -0.3 is 4.90 Å². The molecule has 0 saturated carbocycles. The zero-order valence-electron chi connectivity index (χ0n) is 25.2. The van der Waals surface area contributed by atoms with E-state index in [1.807, 2.05) is 0 Å². The lowest BCUT2D eigenvalue weighted by Crippen LogP contribution is -2.28. The molecule has 0 aromatic heterocycles. The summed E-state index contributed by atoms with van der Waals surface area (Å²) < 4.78 is 0. The van der Waals surface area contributed by atoms with E-state index in [1.54, 1.807) is 5.57 Å². The van der Waals surface area contributed by atoms with Crippen LogP contribution in [0.15, 0.2) is 109 Å². The first kappa shape index (κ1) is 25.8. The van der Waals surface area contributed by atoms with E-state index in [1.165, 1.54) is 66.4 Å². The fraction of sp³-hybridized carbons (Fsp3) is 0.250. The smallest absolute Gasteiger partial charge is 0.0542 e. The van der Waals surface area contributed by atoms with Crippen LogP contribution in [0.4, 0.5) is 17.1 Å². The molecule has 1 heteroatoms. The standard InChI is InChI=1S/C40H39N/c1-26-11-14-31(15-12-26)41(32-16-13-28-9-7-8-10-29(28)23-32)37-22-27(2)21-36-34(37)17-18-35-33-19-20-39(3,4)24-30(33)25-40(5,6)38(35)36/h7-23H,24-25H2,1-6H3. The van der Waals surface area contributed by atoms with Crippen LogP contribution >= 0.6 is 0 Å². The SMILES string of the molecule is Cc1ccc(N(c2ccc3ccccc3c2)c2cc(C)cc3c4c(ccc23)C2=C(CC(C)(C)C=C2)CC4(C)C)cc1. The summed E-state index contributed by atoms with van der Waals surface area (Å²) in [4.78, 5) is 2.46. The van der Waals surface area contributed by atoms with Gasteiger partial charge in [0.1, 0.15) is 0 Å². The second kappa shape index (κ2) is 9.21. The number of aryl methyl sites for hydroxylation is 2. The first-order chi connectivity index (χ1) is 19.6. The lowest BCUT2D eigenvalue weighted by atomic mass is 9.64. The van der Waals surface area contributed by atoms with Crippen LogP contribution in [0.1, 0.15) is 62.8 Å². The average Bonchev–Trinajstić information content (AvgIpc) is 2.92. The Bertz CT molecular complexity index is 1900. The van der Waals surface area contributed by atoms with Crippen molar-refractivity contribution >= 4 is 44.2 Å². The molecule has 0 N–H and O–H groups in total. The minimum absolute atomic E-state index is 0.0532. The molecule has 0 heterocycles. The maximum Gasteiger partial charge on any atom is 0.0542 e. The van der Waals surface area contributed by atoms with Gasteiger partial charge in [-0.2, -0.15) is 0 Å². The first-order valence-electron chi connectivity index (χ1n) is 14.9. The summed E-state index contributed by atoms with van der Waals surface area (Å²) in [6.45, 7) is 14.0. The summed E-state index contributed by atoms with van der Waals surface area (Å²) in [7, 11) is 0. The van der Waals surface area contributed by atoms with Crippen molar-refractivity contribution < 1.29 is 0 Å². The van der Waals surface area contributed by atoms with E-state index in [0.717, 1.165) is 12.8 Å². The largest absolute Gasteiger partial charge is 0.310 e. The van der Waals surface area contributed by atoms with E-state index in [0.29, 0.717) is 0 Å². The van der Waals surface area contributed by atoms with Gasteiger partial charge in [0.05, 0.1) is 5.69 Å². The van der Waals surface area contributed by atoms with Crippen LogP contribution in [0.3, 0.4) is 0 Å². The minimum atomic E-state index is 0.0532. The average molecular weight is 534 g/mol. The Morgan fingerprint density at radius 1 is 0.634 bits per heavy atom. The number of nitrogens with zero attached hydrogens (tertiary/aromatic N) is 1. The third-order valence-electron chi connectivity index (χ3n) is 9.16. The van der Waals surface area contributed by atoms with Gasteiger partial charge in [0.25, 0.3) is 0 Å². The predicted octanol–water partition coefficient (Wildman–Crippen LogP) is 11.5. The molecule has 0 amide bonds. The molecule has 41 heavy (non-hydrogen) atoms. The second-order valence-corrected chi connectivity index (χ2v) is 13.6. The van der Waals surface area contributed by atoms with Crippen LogP contribution in [-0.4, -0.2) is 0 Å². The number of anilines is 3. The molecule has 0 saturated heterocycles. The molecule has 0 fully saturated rings. The number of hydrogen-bond donors (Lipinski definition) is 0. The third kappa shape index (κ3) is 4.39. The molecule has 2 aliphatic carbocycles. The highest BCUT2D eigenvalue weighted by molar-refractivity contribution is 6.05. The second-order valence-electron chi connectivity index (χ2n) is 13.6. The van der Waals surface area contributed by atoms with E-state index < -0.39 is 0 Å². The van der Waals surface area contributed by atoms with Gasteiger partial charge in [-0.25, -0.2) is 0 Å². The van der Waals surface area contributed by atoms with Crippen LogP contribution in [0.2, 0.25) is 0 Å². The fourth-order valence-electron chi connectivity index (χ4n) is 7.32. The molecule has 0 spiro atoms. The monoisotopic (exact) mass is 533 g/mol. The zero-order chi connectivity index (χ0) is 28.5. The van der Waals surface area contributed by atoms with E-state index in [-0.39, 0.29) is 10.8 Å². The van der Waals surface area contributed by atoms with Crippen molar-refractivity contribution in [2.75, 3.05) is 4.90 Å². The van der Waals surface area contributed by atoms with Gasteiger partial charge >= 0.3 is 0 Å². The van der Waals surface area contributed by atoms with Crippen molar-refractivity contribution in [1.82, 2.24) is 0 Å². The van der Waals surface area contributed by atoms with Gasteiger partial charge in [-0.3, -0.25) is 0 Å². The van der Waals surface area contributed by atoms with E-state index in [4.69, 9.17) is 0 Å². The Kier molecular flexibility index (Phi) is 5.81. The Morgan fingerprint density at radius 2 is 1.37 bits per heavy atom. The Hall–Kier alpha value is -4.10. The Morgan fingerprint density at radius 3 is 2.15 bits per heavy atom. The minimum Gasteiger partial charge on any atom is -0.310 e. The molecular weight excluding hydrogens is 494 g/mol. The van der Waals surface area contributed by atoms with Gasteiger partial charge in [0, 0.05) is 16.8 Å². The highest BCUT2D eigenvalue weighted by Gasteiger charge is 2.37. The molecule has 0 aliphatic heterocycles. The first-order valence-corrected chi connectivity index (χ1v) is 14.9. The topological polar surface area (TPSA) is 3.24 Å². The van der Waals surface area contributed by atoms with Gasteiger partial charge in [0.15, 0.2) is 0 Å². The Labute approximate surface area is 244 Å². The molecule has 2 aliphatic rings. The molecule has 0 atom stereocenters. The maximum absolute atomic E-state index is 2.46. The van der Waals surface area contributed by atoms with Crippen LogP contribution in [-0.2, 0) is 5.41 Å². The van der Waals surface area contributed by atoms with E-state index in [9.17, 15) is 0 Å². The predicted molar refractivity (Wildman–Crippen MR) is 178 cm³/mol. The van der Waals surface area contributed by atoms with Crippen molar-refractivity contribution in [2.24, 2.45) is 5.41 Å². The maximum atomic E-state index is 2.46. The molecule has 7 rings (SSSR count). The van der Waals surface area contributed by atoms with Crippen molar-refractivity contribution in [3.63, 3.8) is 0 Å². The molecule has 5 aromatic rings. The normalized spacial score (nSPS) is 17.0. The number of fused-ring (bicyclic) bond motifs is 5. The molecule has 0 bridgehead atoms. The number of benzene rings is 5. The number of hydrogen-bond acceptors (Lipinski definition) is 1. The van der Waals surface area contributed by atoms with Gasteiger partial charge in [0.2, 0.25) is 0 Å². The van der Waals surface area contributed by atoms with E-state index in [2.05, 4.69) is 150 Å². The number of allylic oxidation sites excluding steroid dienone is 4. The summed E-state index contributed by atoms with van der Waals surface area (Å²) in [6.07, 6.45) is 7.07. The summed E-state index contributed by atoms with van der Waals surface area (Å²) in [6, 6.07) is 34.0. The van der Waals surface area contributed by atoms with Crippen LogP contribution in [0, 0.1) is 19.3 Å². The quantitative estimate of drug-likeness (QED) is 0.223. The van der Waals surface area contributed by atoms with Crippen LogP contribution in [0.25, 0.3) is 27.1 Å². The van der Waals surface area contributed by atoms with Crippen molar-refractivity contribution in [1.29, 1.82) is 0 Å². The number of rotatable bonds is 3. The zero-order valence-corrected chi connectivity index (χ0v) is 25.2. The van der Waals surface area contributed by atoms with Crippen LogP contribution in [0.5, 0.6) is 0 Å². The van der Waals surface area contributed by atoms with Gasteiger partial charge in [-0.1, -0.05) is 112 Å².